The van der Waals surface area contributed by atoms with Gasteiger partial charge in [0.15, 0.2) is 0 Å². The average molecular weight is 517 g/mol. The van der Waals surface area contributed by atoms with Crippen LogP contribution in [0.4, 0.5) is 5.82 Å². The highest BCUT2D eigenvalue weighted by molar-refractivity contribution is 6.32. The number of anilines is 1. The number of hydrogen-bond donors (Lipinski definition) is 1. The maximum Gasteiger partial charge on any atom is 0.254 e. The molecule has 4 aromatic rings. The number of halogens is 1. The molecule has 0 fully saturated rings. The highest BCUT2D eigenvalue weighted by Crippen LogP contribution is 2.28. The van der Waals surface area contributed by atoms with Crippen molar-refractivity contribution in [3.05, 3.63) is 95.5 Å². The van der Waals surface area contributed by atoms with E-state index in [2.05, 4.69) is 5.32 Å². The van der Waals surface area contributed by atoms with Gasteiger partial charge in [-0.05, 0) is 36.8 Å². The van der Waals surface area contributed by atoms with E-state index in [1.54, 1.807) is 53.1 Å². The Hall–Kier alpha value is -4.10. The predicted molar refractivity (Wildman–Crippen MR) is 146 cm³/mol. The number of hydrogen-bond acceptors (Lipinski definition) is 4. The molecular formula is C29H29ClN4O3. The molecule has 0 aliphatic carbocycles. The van der Waals surface area contributed by atoms with Gasteiger partial charge in [-0.1, -0.05) is 73.5 Å². The van der Waals surface area contributed by atoms with E-state index >= 15 is 0 Å². The van der Waals surface area contributed by atoms with Crippen LogP contribution in [-0.2, 0) is 4.79 Å². The molecule has 0 aliphatic rings. The molecule has 0 atom stereocenters. The lowest BCUT2D eigenvalue weighted by Gasteiger charge is -2.22. The van der Waals surface area contributed by atoms with Crippen LogP contribution >= 0.6 is 11.6 Å². The summed E-state index contributed by atoms with van der Waals surface area (Å²) < 4.78 is 6.87. The number of ether oxygens (including phenoxy) is 1. The minimum atomic E-state index is -0.333. The summed E-state index contributed by atoms with van der Waals surface area (Å²) in [6.07, 6.45) is 1.67. The van der Waals surface area contributed by atoms with Crippen molar-refractivity contribution in [1.82, 2.24) is 14.7 Å². The number of nitrogens with zero attached hydrogens (tertiary/aromatic N) is 3. The van der Waals surface area contributed by atoms with E-state index in [1.807, 2.05) is 55.5 Å². The second-order valence-corrected chi connectivity index (χ2v) is 8.91. The van der Waals surface area contributed by atoms with Crippen molar-refractivity contribution in [3.8, 4) is 22.7 Å². The van der Waals surface area contributed by atoms with Crippen LogP contribution < -0.4 is 10.1 Å². The van der Waals surface area contributed by atoms with E-state index in [1.165, 1.54) is 0 Å². The van der Waals surface area contributed by atoms with Gasteiger partial charge in [-0.15, -0.1) is 0 Å². The molecule has 0 saturated carbocycles. The van der Waals surface area contributed by atoms with Gasteiger partial charge >= 0.3 is 0 Å². The van der Waals surface area contributed by atoms with Gasteiger partial charge < -0.3 is 15.0 Å². The largest absolute Gasteiger partial charge is 0.497 e. The minimum Gasteiger partial charge on any atom is -0.497 e. The van der Waals surface area contributed by atoms with E-state index in [4.69, 9.17) is 21.4 Å². The fourth-order valence-electron chi connectivity index (χ4n) is 3.92. The van der Waals surface area contributed by atoms with Gasteiger partial charge in [0, 0.05) is 23.7 Å². The molecule has 3 aromatic carbocycles. The first-order valence-corrected chi connectivity index (χ1v) is 12.5. The van der Waals surface area contributed by atoms with Crippen LogP contribution in [0.15, 0.2) is 84.9 Å². The minimum absolute atomic E-state index is 0.107. The number of carbonyl (C=O) groups is 2. The molecule has 0 saturated heterocycles. The molecular weight excluding hydrogens is 488 g/mol. The molecule has 0 bridgehead atoms. The van der Waals surface area contributed by atoms with Gasteiger partial charge in [0.05, 0.1) is 23.5 Å². The number of unbranched alkanes of at least 4 members (excludes halogenated alkanes) is 1. The van der Waals surface area contributed by atoms with Gasteiger partial charge in [0.1, 0.15) is 18.1 Å². The number of rotatable bonds is 10. The molecule has 1 heterocycles. The summed E-state index contributed by atoms with van der Waals surface area (Å²) in [7, 11) is 1.55. The summed E-state index contributed by atoms with van der Waals surface area (Å²) in [5.41, 5.74) is 2.69. The Morgan fingerprint density at radius 2 is 1.76 bits per heavy atom. The Morgan fingerprint density at radius 3 is 2.49 bits per heavy atom. The Labute approximate surface area is 221 Å². The van der Waals surface area contributed by atoms with E-state index in [-0.39, 0.29) is 18.4 Å². The average Bonchev–Trinajstić information content (AvgIpc) is 3.34. The van der Waals surface area contributed by atoms with Crippen LogP contribution in [0.2, 0.25) is 5.02 Å². The molecule has 0 unspecified atom stereocenters. The summed E-state index contributed by atoms with van der Waals surface area (Å²) in [4.78, 5) is 28.1. The monoisotopic (exact) mass is 516 g/mol. The Kier molecular flexibility index (Phi) is 8.59. The van der Waals surface area contributed by atoms with Crippen molar-refractivity contribution in [3.63, 3.8) is 0 Å². The topological polar surface area (TPSA) is 76.5 Å². The number of amides is 2. The number of benzene rings is 3. The van der Waals surface area contributed by atoms with E-state index in [0.29, 0.717) is 40.1 Å². The normalized spacial score (nSPS) is 10.7. The third kappa shape index (κ3) is 6.37. The number of methoxy groups -OCH3 is 1. The molecule has 190 valence electrons. The van der Waals surface area contributed by atoms with E-state index in [0.717, 1.165) is 18.4 Å². The highest BCUT2D eigenvalue weighted by Gasteiger charge is 2.21. The molecule has 8 heteroatoms. The van der Waals surface area contributed by atoms with Gasteiger partial charge in [-0.2, -0.15) is 5.10 Å². The Balaban J connectivity index is 1.61. The van der Waals surface area contributed by atoms with Crippen molar-refractivity contribution >= 4 is 29.2 Å². The van der Waals surface area contributed by atoms with Crippen LogP contribution in [0.3, 0.4) is 0 Å². The molecule has 2 amide bonds. The van der Waals surface area contributed by atoms with Crippen LogP contribution in [-0.4, -0.2) is 46.7 Å². The second kappa shape index (κ2) is 12.2. The van der Waals surface area contributed by atoms with Crippen LogP contribution in [0, 0.1) is 0 Å². The maximum absolute atomic E-state index is 13.3. The third-order valence-electron chi connectivity index (χ3n) is 5.85. The van der Waals surface area contributed by atoms with Gasteiger partial charge in [-0.25, -0.2) is 4.68 Å². The number of carbonyl (C=O) groups excluding carboxylic acids is 2. The lowest BCUT2D eigenvalue weighted by molar-refractivity contribution is -0.116. The Bertz CT molecular complexity index is 1370. The second-order valence-electron chi connectivity index (χ2n) is 8.50. The van der Waals surface area contributed by atoms with Crippen molar-refractivity contribution in [2.45, 2.75) is 19.8 Å². The number of para-hydroxylation sites is 1. The smallest absolute Gasteiger partial charge is 0.254 e. The molecule has 0 aliphatic heterocycles. The highest BCUT2D eigenvalue weighted by atomic mass is 35.5. The van der Waals surface area contributed by atoms with Crippen LogP contribution in [0.5, 0.6) is 5.75 Å². The third-order valence-corrected chi connectivity index (χ3v) is 6.17. The fraction of sp³-hybridized carbons (Fsp3) is 0.207. The summed E-state index contributed by atoms with van der Waals surface area (Å²) in [5.74, 6) is 0.483. The summed E-state index contributed by atoms with van der Waals surface area (Å²) in [6.45, 7) is 2.39. The first-order valence-electron chi connectivity index (χ1n) is 12.1. The van der Waals surface area contributed by atoms with Crippen LogP contribution in [0.1, 0.15) is 30.1 Å². The summed E-state index contributed by atoms with van der Waals surface area (Å²) in [6, 6.07) is 25.7. The zero-order valence-corrected chi connectivity index (χ0v) is 21.6. The van der Waals surface area contributed by atoms with E-state index in [9.17, 15) is 9.59 Å². The van der Waals surface area contributed by atoms with Crippen LogP contribution in [0.25, 0.3) is 16.9 Å². The standard InChI is InChI=1S/C29H29ClN4O3/c1-3-4-17-33(29(36)22-13-10-14-23(18-22)37-2)20-28(35)31-27-19-25(21-11-6-5-7-12-21)32-34(27)26-16-9-8-15-24(26)30/h5-16,18-19H,3-4,17,20H2,1-2H3,(H,31,35). The molecule has 7 nitrogen and oxygen atoms in total. The van der Waals surface area contributed by atoms with E-state index < -0.39 is 0 Å². The fourth-order valence-corrected chi connectivity index (χ4v) is 4.14. The van der Waals surface area contributed by atoms with Crippen molar-refractivity contribution in [1.29, 1.82) is 0 Å². The lowest BCUT2D eigenvalue weighted by Crippen LogP contribution is -2.39. The number of nitrogens with one attached hydrogen (secondary N) is 1. The van der Waals surface area contributed by atoms with Crippen molar-refractivity contribution < 1.29 is 14.3 Å². The van der Waals surface area contributed by atoms with Crippen molar-refractivity contribution in [2.75, 3.05) is 25.5 Å². The summed E-state index contributed by atoms with van der Waals surface area (Å²) in [5, 5.41) is 8.16. The maximum atomic E-state index is 13.3. The SMILES string of the molecule is CCCCN(CC(=O)Nc1cc(-c2ccccc2)nn1-c1ccccc1Cl)C(=O)c1cccc(OC)c1. The first kappa shape index (κ1) is 26.0. The molecule has 1 N–H and O–H groups in total. The first-order chi connectivity index (χ1) is 18.0. The number of aromatic nitrogens is 2. The van der Waals surface area contributed by atoms with Gasteiger partial charge in [0.2, 0.25) is 5.91 Å². The molecule has 4 rings (SSSR count). The predicted octanol–water partition coefficient (Wildman–Crippen LogP) is 6.08. The lowest BCUT2D eigenvalue weighted by atomic mass is 10.1. The van der Waals surface area contributed by atoms with Crippen molar-refractivity contribution in [2.24, 2.45) is 0 Å². The summed E-state index contributed by atoms with van der Waals surface area (Å²) >= 11 is 6.46. The van der Waals surface area contributed by atoms with Gasteiger partial charge in [0.25, 0.3) is 5.91 Å². The zero-order chi connectivity index (χ0) is 26.2. The molecule has 0 spiro atoms. The zero-order valence-electron chi connectivity index (χ0n) is 20.9. The molecule has 1 aromatic heterocycles. The molecule has 0 radical (unpaired) electrons. The molecule has 37 heavy (non-hydrogen) atoms. The Morgan fingerprint density at radius 1 is 1.00 bits per heavy atom. The quantitative estimate of drug-likeness (QED) is 0.277. The van der Waals surface area contributed by atoms with Gasteiger partial charge in [-0.3, -0.25) is 9.59 Å².